The molecule has 1 unspecified atom stereocenters. The number of carbonyl (C=O) groups is 2. The summed E-state index contributed by atoms with van der Waals surface area (Å²) in [7, 11) is 1.29. The molecular weight excluding hydrogens is 447 g/mol. The Morgan fingerprint density at radius 3 is 2.48 bits per heavy atom. The summed E-state index contributed by atoms with van der Waals surface area (Å²) in [6, 6.07) is 7.05. The van der Waals surface area contributed by atoms with E-state index in [1.807, 2.05) is 0 Å². The smallest absolute Gasteiger partial charge is 0.336 e. The van der Waals surface area contributed by atoms with E-state index >= 15 is 0 Å². The molecule has 0 saturated carbocycles. The molecule has 0 saturated heterocycles. The Morgan fingerprint density at radius 2 is 1.90 bits per heavy atom. The fourth-order valence-corrected chi connectivity index (χ4v) is 3.36. The number of nitrogens with two attached hydrogens (primary N) is 1. The first-order valence-corrected chi connectivity index (χ1v) is 9.32. The Hall–Kier alpha value is -1.83. The second-order valence-corrected chi connectivity index (χ2v) is 6.47. The number of carbonyl (C=O) groups excluding carboxylic acids is 2. The van der Waals surface area contributed by atoms with Gasteiger partial charge in [0.25, 0.3) is 0 Å². The summed E-state index contributed by atoms with van der Waals surface area (Å²) in [6.45, 7) is 4.42. The Kier molecular flexibility index (Phi) is 10.4. The van der Waals surface area contributed by atoms with Crippen molar-refractivity contribution in [3.8, 4) is 0 Å². The van der Waals surface area contributed by atoms with Crippen molar-refractivity contribution in [1.29, 1.82) is 0 Å². The van der Waals surface area contributed by atoms with E-state index in [0.29, 0.717) is 40.7 Å². The van der Waals surface area contributed by atoms with E-state index < -0.39 is 17.9 Å². The van der Waals surface area contributed by atoms with Crippen LogP contribution >= 0.6 is 11.6 Å². The first-order valence-electron chi connectivity index (χ1n) is 8.94. The predicted molar refractivity (Wildman–Crippen MR) is 106 cm³/mol. The Morgan fingerprint density at radius 1 is 1.21 bits per heavy atom. The number of nitrogens with one attached hydrogen (secondary N) is 1. The third-order valence-corrected chi connectivity index (χ3v) is 4.61. The van der Waals surface area contributed by atoms with Gasteiger partial charge in [-0.05, 0) is 25.5 Å². The average molecular weight is 472 g/mol. The number of methoxy groups -OCH3 is 1. The minimum absolute atomic E-state index is 0. The van der Waals surface area contributed by atoms with Gasteiger partial charge in [0.15, 0.2) is 0 Å². The zero-order valence-corrected chi connectivity index (χ0v) is 18.2. The fourth-order valence-electron chi connectivity index (χ4n) is 3.12. The van der Waals surface area contributed by atoms with Gasteiger partial charge in [0, 0.05) is 34.3 Å². The summed E-state index contributed by atoms with van der Waals surface area (Å²) in [5, 5.41) is 3.52. The molecule has 29 heavy (non-hydrogen) atoms. The molecule has 9 heteroatoms. The molecular formula is C20H25ClCuN2O5. The summed E-state index contributed by atoms with van der Waals surface area (Å²) < 4.78 is 15.8. The molecule has 1 heterocycles. The second kappa shape index (κ2) is 12.0. The van der Waals surface area contributed by atoms with Gasteiger partial charge in [-0.2, -0.15) is 0 Å². The molecule has 1 aliphatic heterocycles. The standard InChI is InChI=1S/C20H25ClN2O5.Cu/c1-4-28-20(25)18-15(11-27-10-9-22)23-12(2)16(19(24)26-3)17(18)13-7-5-6-8-14(13)21;/h5-8,17,23H,4,9-11,22H2,1-3H3;. The molecule has 0 spiro atoms. The number of ether oxygens (including phenoxy) is 3. The van der Waals surface area contributed by atoms with Gasteiger partial charge in [0.1, 0.15) is 0 Å². The first-order chi connectivity index (χ1) is 13.5. The van der Waals surface area contributed by atoms with Crippen molar-refractivity contribution in [3.05, 3.63) is 57.4 Å². The Balaban J connectivity index is 0.00000420. The van der Waals surface area contributed by atoms with Crippen molar-refractivity contribution < 1.29 is 40.9 Å². The largest absolute Gasteiger partial charge is 0.466 e. The molecule has 1 radical (unpaired) electrons. The molecule has 0 aliphatic carbocycles. The van der Waals surface area contributed by atoms with Gasteiger partial charge < -0.3 is 25.3 Å². The topological polar surface area (TPSA) is 99.9 Å². The van der Waals surface area contributed by atoms with E-state index in [9.17, 15) is 9.59 Å². The zero-order chi connectivity index (χ0) is 20.7. The van der Waals surface area contributed by atoms with Crippen molar-refractivity contribution in [2.24, 2.45) is 5.73 Å². The third-order valence-electron chi connectivity index (χ3n) is 4.27. The van der Waals surface area contributed by atoms with Gasteiger partial charge in [-0.3, -0.25) is 0 Å². The summed E-state index contributed by atoms with van der Waals surface area (Å²) in [6.07, 6.45) is 0. The first kappa shape index (κ1) is 25.2. The number of benzene rings is 1. The van der Waals surface area contributed by atoms with E-state index in [4.69, 9.17) is 31.5 Å². The van der Waals surface area contributed by atoms with Crippen LogP contribution in [0.4, 0.5) is 0 Å². The van der Waals surface area contributed by atoms with Crippen molar-refractivity contribution >= 4 is 23.5 Å². The zero-order valence-electron chi connectivity index (χ0n) is 16.5. The molecule has 0 fully saturated rings. The van der Waals surface area contributed by atoms with Crippen LogP contribution in [0.1, 0.15) is 25.3 Å². The van der Waals surface area contributed by atoms with Crippen LogP contribution in [-0.2, 0) is 40.9 Å². The van der Waals surface area contributed by atoms with Crippen molar-refractivity contribution in [3.63, 3.8) is 0 Å². The molecule has 2 rings (SSSR count). The van der Waals surface area contributed by atoms with Crippen molar-refractivity contribution in [2.75, 3.05) is 33.5 Å². The Bertz CT molecular complexity index is 810. The van der Waals surface area contributed by atoms with Crippen LogP contribution in [0.15, 0.2) is 46.8 Å². The summed E-state index contributed by atoms with van der Waals surface area (Å²) in [4.78, 5) is 25.5. The number of dihydropyridines is 1. The van der Waals surface area contributed by atoms with Gasteiger partial charge in [0.05, 0.1) is 49.7 Å². The maximum absolute atomic E-state index is 12.9. The number of hydrogen-bond donors (Lipinski definition) is 2. The molecule has 163 valence electrons. The second-order valence-electron chi connectivity index (χ2n) is 6.06. The molecule has 0 amide bonds. The number of hydrogen-bond acceptors (Lipinski definition) is 7. The van der Waals surface area contributed by atoms with Gasteiger partial charge in [-0.15, -0.1) is 0 Å². The van der Waals surface area contributed by atoms with Gasteiger partial charge >= 0.3 is 11.9 Å². The molecule has 1 aromatic carbocycles. The van der Waals surface area contributed by atoms with Crippen LogP contribution in [0.2, 0.25) is 5.02 Å². The number of rotatable bonds is 8. The monoisotopic (exact) mass is 471 g/mol. The van der Waals surface area contributed by atoms with Gasteiger partial charge in [-0.1, -0.05) is 29.8 Å². The molecule has 1 atom stereocenters. The van der Waals surface area contributed by atoms with Crippen LogP contribution in [-0.4, -0.2) is 45.4 Å². The normalized spacial score (nSPS) is 16.1. The predicted octanol–water partition coefficient (Wildman–Crippen LogP) is 2.26. The van der Waals surface area contributed by atoms with Crippen LogP contribution in [0, 0.1) is 0 Å². The summed E-state index contributed by atoms with van der Waals surface area (Å²) in [5.41, 5.74) is 7.70. The van der Waals surface area contributed by atoms with E-state index in [2.05, 4.69) is 5.32 Å². The molecule has 3 N–H and O–H groups in total. The fraction of sp³-hybridized carbons (Fsp3) is 0.400. The summed E-state index contributed by atoms with van der Waals surface area (Å²) >= 11 is 6.42. The molecule has 7 nitrogen and oxygen atoms in total. The molecule has 0 bridgehead atoms. The van der Waals surface area contributed by atoms with Crippen molar-refractivity contribution in [2.45, 2.75) is 19.8 Å². The molecule has 0 aromatic heterocycles. The average Bonchev–Trinajstić information content (AvgIpc) is 2.67. The van der Waals surface area contributed by atoms with Crippen LogP contribution in [0.5, 0.6) is 0 Å². The molecule has 1 aliphatic rings. The minimum atomic E-state index is -0.752. The van der Waals surface area contributed by atoms with Crippen LogP contribution in [0.3, 0.4) is 0 Å². The van der Waals surface area contributed by atoms with Crippen LogP contribution in [0.25, 0.3) is 0 Å². The maximum Gasteiger partial charge on any atom is 0.336 e. The SMILES string of the molecule is CCOC(=O)C1=C(COCCN)NC(C)=C(C(=O)OC)C1c1ccccc1Cl.[Cu]. The summed E-state index contributed by atoms with van der Waals surface area (Å²) in [5.74, 6) is -1.86. The van der Waals surface area contributed by atoms with Crippen molar-refractivity contribution in [1.82, 2.24) is 5.32 Å². The Labute approximate surface area is 186 Å². The minimum Gasteiger partial charge on any atom is -0.466 e. The number of esters is 2. The van der Waals surface area contributed by atoms with E-state index in [-0.39, 0.29) is 35.9 Å². The van der Waals surface area contributed by atoms with E-state index in [1.165, 1.54) is 7.11 Å². The molecule has 1 aromatic rings. The van der Waals surface area contributed by atoms with Gasteiger partial charge in [0.2, 0.25) is 0 Å². The van der Waals surface area contributed by atoms with E-state index in [1.54, 1.807) is 38.1 Å². The number of halogens is 1. The van der Waals surface area contributed by atoms with E-state index in [0.717, 1.165) is 0 Å². The quantitative estimate of drug-likeness (QED) is 0.340. The number of allylic oxidation sites excluding steroid dienone is 1. The van der Waals surface area contributed by atoms with Gasteiger partial charge in [-0.25, -0.2) is 9.59 Å². The third kappa shape index (κ3) is 5.84. The van der Waals surface area contributed by atoms with Crippen LogP contribution < -0.4 is 11.1 Å². The maximum atomic E-state index is 12.9.